The lowest BCUT2D eigenvalue weighted by Gasteiger charge is -2.28. The smallest absolute Gasteiger partial charge is 0.140 e. The quantitative estimate of drug-likeness (QED) is 0.772. The molecular weight excluding hydrogens is 200 g/mol. The van der Waals surface area contributed by atoms with Crippen molar-refractivity contribution in [2.75, 3.05) is 0 Å². The van der Waals surface area contributed by atoms with Gasteiger partial charge in [-0.25, -0.2) is 4.98 Å². The topological polar surface area (TPSA) is 42.7 Å². The van der Waals surface area contributed by atoms with Crippen LogP contribution in [0.3, 0.4) is 0 Å². The van der Waals surface area contributed by atoms with E-state index in [4.69, 9.17) is 11.6 Å². The van der Waals surface area contributed by atoms with Gasteiger partial charge >= 0.3 is 0 Å². The van der Waals surface area contributed by atoms with E-state index in [1.165, 1.54) is 0 Å². The van der Waals surface area contributed by atoms with E-state index >= 15 is 0 Å². The zero-order valence-electron chi connectivity index (χ0n) is 9.08. The minimum Gasteiger partial charge on any atom is -0.303 e. The number of rotatable bonds is 4. The summed E-state index contributed by atoms with van der Waals surface area (Å²) in [5.74, 6) is 0.912. The van der Waals surface area contributed by atoms with Crippen LogP contribution in [-0.2, 0) is 13.6 Å². The third-order valence-corrected chi connectivity index (χ3v) is 3.05. The number of aromatic nitrogens is 3. The van der Waals surface area contributed by atoms with Gasteiger partial charge in [-0.3, -0.25) is 4.68 Å². The number of halogens is 1. The lowest BCUT2D eigenvalue weighted by Crippen LogP contribution is -2.45. The van der Waals surface area contributed by atoms with Gasteiger partial charge in [-0.15, -0.1) is 11.6 Å². The molecule has 1 unspecified atom stereocenters. The van der Waals surface area contributed by atoms with Gasteiger partial charge in [0.15, 0.2) is 0 Å². The van der Waals surface area contributed by atoms with Gasteiger partial charge in [-0.1, -0.05) is 0 Å². The van der Waals surface area contributed by atoms with Crippen molar-refractivity contribution in [1.82, 2.24) is 20.1 Å². The van der Waals surface area contributed by atoms with Gasteiger partial charge in [-0.2, -0.15) is 5.10 Å². The van der Waals surface area contributed by atoms with E-state index < -0.39 is 0 Å². The average molecular weight is 217 g/mol. The molecule has 0 saturated carbocycles. The van der Waals surface area contributed by atoms with Crippen LogP contribution in [0.15, 0.2) is 6.33 Å². The number of nitrogens with one attached hydrogen (secondary N) is 1. The van der Waals surface area contributed by atoms with Crippen LogP contribution in [0.4, 0.5) is 0 Å². The Labute approximate surface area is 89.7 Å². The second-order valence-corrected chi connectivity index (χ2v) is 4.65. The SMILES string of the molecule is CC(Cl)C(C)(C)NCc1ncnn1C. The molecule has 0 bridgehead atoms. The maximum Gasteiger partial charge on any atom is 0.140 e. The van der Waals surface area contributed by atoms with E-state index in [9.17, 15) is 0 Å². The van der Waals surface area contributed by atoms with Crippen LogP contribution in [0.5, 0.6) is 0 Å². The van der Waals surface area contributed by atoms with Crippen molar-refractivity contribution < 1.29 is 0 Å². The van der Waals surface area contributed by atoms with Crippen LogP contribution < -0.4 is 5.32 Å². The molecule has 1 heterocycles. The number of hydrogen-bond acceptors (Lipinski definition) is 3. The van der Waals surface area contributed by atoms with E-state index in [-0.39, 0.29) is 10.9 Å². The summed E-state index contributed by atoms with van der Waals surface area (Å²) in [5.41, 5.74) is -0.104. The standard InChI is InChI=1S/C9H17ClN4/c1-7(10)9(2,3)12-5-8-11-6-13-14(8)4/h6-7,12H,5H2,1-4H3. The van der Waals surface area contributed by atoms with E-state index in [0.717, 1.165) is 5.82 Å². The molecule has 0 fully saturated rings. The molecule has 0 aliphatic carbocycles. The first-order valence-corrected chi connectivity index (χ1v) is 5.09. The Bertz CT molecular complexity index is 293. The molecule has 0 aliphatic heterocycles. The fraction of sp³-hybridized carbons (Fsp3) is 0.778. The first-order chi connectivity index (χ1) is 6.43. The Kier molecular flexibility index (Phi) is 3.50. The Balaban J connectivity index is 2.53. The second kappa shape index (κ2) is 4.28. The zero-order chi connectivity index (χ0) is 10.8. The van der Waals surface area contributed by atoms with Crippen LogP contribution in [-0.4, -0.2) is 25.7 Å². The molecule has 0 saturated heterocycles. The van der Waals surface area contributed by atoms with Crippen LogP contribution in [0.1, 0.15) is 26.6 Å². The Morgan fingerprint density at radius 2 is 2.29 bits per heavy atom. The molecule has 1 aromatic rings. The predicted molar refractivity (Wildman–Crippen MR) is 57.2 cm³/mol. The minimum absolute atomic E-state index is 0.0655. The minimum atomic E-state index is -0.104. The fourth-order valence-electron chi connectivity index (χ4n) is 0.928. The van der Waals surface area contributed by atoms with Crippen molar-refractivity contribution in [2.24, 2.45) is 7.05 Å². The van der Waals surface area contributed by atoms with Gasteiger partial charge in [0.25, 0.3) is 0 Å². The Hall–Kier alpha value is -0.610. The molecule has 1 rings (SSSR count). The van der Waals surface area contributed by atoms with Gasteiger partial charge in [0.2, 0.25) is 0 Å². The van der Waals surface area contributed by atoms with Gasteiger partial charge in [0, 0.05) is 18.0 Å². The molecule has 5 heteroatoms. The molecule has 14 heavy (non-hydrogen) atoms. The van der Waals surface area contributed by atoms with Crippen molar-refractivity contribution in [1.29, 1.82) is 0 Å². The molecule has 0 spiro atoms. The van der Waals surface area contributed by atoms with Crippen LogP contribution in [0.25, 0.3) is 0 Å². The van der Waals surface area contributed by atoms with Crippen molar-refractivity contribution >= 4 is 11.6 Å². The average Bonchev–Trinajstić information content (AvgIpc) is 2.47. The highest BCUT2D eigenvalue weighted by Gasteiger charge is 2.23. The first kappa shape index (κ1) is 11.5. The molecular formula is C9H17ClN4. The molecule has 1 N–H and O–H groups in total. The lowest BCUT2D eigenvalue weighted by atomic mass is 10.0. The van der Waals surface area contributed by atoms with E-state index in [0.29, 0.717) is 6.54 Å². The summed E-state index contributed by atoms with van der Waals surface area (Å²) >= 11 is 6.04. The second-order valence-electron chi connectivity index (χ2n) is 3.99. The normalized spacial score (nSPS) is 14.4. The third-order valence-electron chi connectivity index (χ3n) is 2.50. The molecule has 0 amide bonds. The van der Waals surface area contributed by atoms with E-state index in [1.54, 1.807) is 11.0 Å². The summed E-state index contributed by atoms with van der Waals surface area (Å²) in [4.78, 5) is 4.12. The molecule has 4 nitrogen and oxygen atoms in total. The molecule has 80 valence electrons. The zero-order valence-corrected chi connectivity index (χ0v) is 9.84. The van der Waals surface area contributed by atoms with Crippen molar-refractivity contribution in [3.05, 3.63) is 12.2 Å². The van der Waals surface area contributed by atoms with Gasteiger partial charge in [0.05, 0.1) is 6.54 Å². The number of aryl methyl sites for hydroxylation is 1. The summed E-state index contributed by atoms with van der Waals surface area (Å²) in [5, 5.41) is 7.41. The first-order valence-electron chi connectivity index (χ1n) is 4.65. The van der Waals surface area contributed by atoms with Crippen molar-refractivity contribution in [3.8, 4) is 0 Å². The van der Waals surface area contributed by atoms with Gasteiger partial charge in [0.1, 0.15) is 12.2 Å². The largest absolute Gasteiger partial charge is 0.303 e. The highest BCUT2D eigenvalue weighted by atomic mass is 35.5. The van der Waals surface area contributed by atoms with Crippen molar-refractivity contribution in [3.63, 3.8) is 0 Å². The van der Waals surface area contributed by atoms with Gasteiger partial charge in [-0.05, 0) is 20.8 Å². The molecule has 0 aromatic carbocycles. The summed E-state index contributed by atoms with van der Waals surface area (Å²) < 4.78 is 1.75. The monoisotopic (exact) mass is 216 g/mol. The van der Waals surface area contributed by atoms with Gasteiger partial charge < -0.3 is 5.32 Å². The van der Waals surface area contributed by atoms with Crippen molar-refractivity contribution in [2.45, 2.75) is 38.2 Å². The highest BCUT2D eigenvalue weighted by molar-refractivity contribution is 6.21. The number of nitrogens with zero attached hydrogens (tertiary/aromatic N) is 3. The van der Waals surface area contributed by atoms with Crippen LogP contribution in [0.2, 0.25) is 0 Å². The van der Waals surface area contributed by atoms with Crippen LogP contribution in [0, 0.1) is 0 Å². The highest BCUT2D eigenvalue weighted by Crippen LogP contribution is 2.14. The fourth-order valence-corrected chi connectivity index (χ4v) is 1.00. The van der Waals surface area contributed by atoms with E-state index in [1.807, 2.05) is 14.0 Å². The maximum atomic E-state index is 6.04. The number of hydrogen-bond donors (Lipinski definition) is 1. The predicted octanol–water partition coefficient (Wildman–Crippen LogP) is 1.31. The number of alkyl halides is 1. The summed E-state index contributed by atoms with van der Waals surface area (Å²) in [6.07, 6.45) is 1.55. The summed E-state index contributed by atoms with van der Waals surface area (Å²) in [6, 6.07) is 0. The van der Waals surface area contributed by atoms with Crippen LogP contribution >= 0.6 is 11.6 Å². The Morgan fingerprint density at radius 1 is 1.64 bits per heavy atom. The third kappa shape index (κ3) is 2.69. The molecule has 0 radical (unpaired) electrons. The molecule has 1 aromatic heterocycles. The molecule has 0 aliphatic rings. The summed E-state index contributed by atoms with van der Waals surface area (Å²) in [7, 11) is 1.88. The maximum absolute atomic E-state index is 6.04. The van der Waals surface area contributed by atoms with E-state index in [2.05, 4.69) is 29.2 Å². The Morgan fingerprint density at radius 3 is 2.71 bits per heavy atom. The summed E-state index contributed by atoms with van der Waals surface area (Å²) in [6.45, 7) is 6.80. The molecule has 1 atom stereocenters. The lowest BCUT2D eigenvalue weighted by molar-refractivity contribution is 0.371.